The smallest absolute Gasteiger partial charge is 0.327 e. The molecular formula is C14H15N5O2S. The van der Waals surface area contributed by atoms with Crippen LogP contribution in [0.25, 0.3) is 21.9 Å². The summed E-state index contributed by atoms with van der Waals surface area (Å²) in [7, 11) is 0. The number of primary amides is 1. The molecule has 0 atom stereocenters. The minimum absolute atomic E-state index is 0.0414. The topological polar surface area (TPSA) is 107 Å². The minimum Gasteiger partial charge on any atom is -0.364 e. The van der Waals surface area contributed by atoms with Crippen molar-refractivity contribution in [1.82, 2.24) is 19.5 Å². The Morgan fingerprint density at radius 2 is 2.23 bits per heavy atom. The van der Waals surface area contributed by atoms with Crippen molar-refractivity contribution < 1.29 is 4.79 Å². The number of fused-ring (bicyclic) bond motifs is 1. The van der Waals surface area contributed by atoms with Crippen molar-refractivity contribution in [2.45, 2.75) is 26.8 Å². The van der Waals surface area contributed by atoms with Gasteiger partial charge < -0.3 is 10.7 Å². The Labute approximate surface area is 129 Å². The highest BCUT2D eigenvalue weighted by molar-refractivity contribution is 7.13. The van der Waals surface area contributed by atoms with Gasteiger partial charge in [0.15, 0.2) is 17.2 Å². The van der Waals surface area contributed by atoms with Gasteiger partial charge in [0, 0.05) is 6.54 Å². The van der Waals surface area contributed by atoms with Crippen LogP contribution in [0.3, 0.4) is 0 Å². The maximum Gasteiger partial charge on any atom is 0.327 e. The molecule has 0 aromatic carbocycles. The molecule has 0 fully saturated rings. The number of H-pyrrole nitrogens is 1. The van der Waals surface area contributed by atoms with E-state index in [-0.39, 0.29) is 11.4 Å². The molecule has 3 heterocycles. The molecule has 1 amide bonds. The molecule has 7 nitrogen and oxygen atoms in total. The number of aromatic amines is 1. The zero-order valence-corrected chi connectivity index (χ0v) is 13.0. The molecule has 0 spiro atoms. The number of carbonyl (C=O) groups excluding carboxylic acids is 1. The van der Waals surface area contributed by atoms with E-state index in [0.717, 1.165) is 16.9 Å². The molecule has 3 rings (SSSR count). The maximum absolute atomic E-state index is 12.1. The number of hydrogen-bond acceptors (Lipinski definition) is 5. The van der Waals surface area contributed by atoms with Crippen LogP contribution in [-0.4, -0.2) is 25.4 Å². The molecule has 3 aromatic heterocycles. The lowest BCUT2D eigenvalue weighted by Crippen LogP contribution is -2.16. The second-order valence-corrected chi connectivity index (χ2v) is 5.89. The first-order valence-electron chi connectivity index (χ1n) is 6.87. The third-order valence-corrected chi connectivity index (χ3v) is 4.38. The Morgan fingerprint density at radius 1 is 1.45 bits per heavy atom. The second-order valence-electron chi connectivity index (χ2n) is 4.97. The lowest BCUT2D eigenvalue weighted by Gasteiger charge is -2.05. The molecule has 0 saturated heterocycles. The predicted octanol–water partition coefficient (Wildman–Crippen LogP) is 1.67. The van der Waals surface area contributed by atoms with Gasteiger partial charge in [0.25, 0.3) is 5.91 Å². The van der Waals surface area contributed by atoms with Crippen molar-refractivity contribution in [3.63, 3.8) is 0 Å². The van der Waals surface area contributed by atoms with Crippen molar-refractivity contribution in [1.29, 1.82) is 0 Å². The fourth-order valence-electron chi connectivity index (χ4n) is 2.34. The number of aryl methyl sites for hydroxylation is 2. The van der Waals surface area contributed by atoms with Gasteiger partial charge in [0.05, 0.1) is 4.88 Å². The lowest BCUT2D eigenvalue weighted by atomic mass is 10.2. The van der Waals surface area contributed by atoms with Crippen molar-refractivity contribution in [2.75, 3.05) is 0 Å². The van der Waals surface area contributed by atoms with Crippen LogP contribution in [0, 0.1) is 6.92 Å². The Bertz CT molecular complexity index is 921. The Kier molecular flexibility index (Phi) is 3.53. The van der Waals surface area contributed by atoms with Gasteiger partial charge in [-0.2, -0.15) is 0 Å². The van der Waals surface area contributed by atoms with Crippen LogP contribution in [-0.2, 0) is 6.54 Å². The third-order valence-electron chi connectivity index (χ3n) is 3.37. The van der Waals surface area contributed by atoms with E-state index >= 15 is 0 Å². The number of rotatable bonds is 4. The summed E-state index contributed by atoms with van der Waals surface area (Å²) >= 11 is 1.48. The van der Waals surface area contributed by atoms with Gasteiger partial charge in [-0.25, -0.2) is 14.8 Å². The highest BCUT2D eigenvalue weighted by Crippen LogP contribution is 2.27. The standard InChI is InChI=1S/C14H15N5O2S/c1-3-5-19-13-9(17-14(19)21)8(11(15)20)16-12(18-13)10-7(2)4-6-22-10/h4,6H,3,5H2,1-2H3,(H2,15,20)(H,17,21). The van der Waals surface area contributed by atoms with E-state index in [0.29, 0.717) is 23.5 Å². The largest absolute Gasteiger partial charge is 0.364 e. The van der Waals surface area contributed by atoms with Crippen molar-refractivity contribution in [3.05, 3.63) is 33.2 Å². The van der Waals surface area contributed by atoms with Crippen LogP contribution < -0.4 is 11.4 Å². The van der Waals surface area contributed by atoms with Gasteiger partial charge in [-0.3, -0.25) is 9.36 Å². The average molecular weight is 317 g/mol. The van der Waals surface area contributed by atoms with Gasteiger partial charge in [-0.15, -0.1) is 11.3 Å². The zero-order valence-electron chi connectivity index (χ0n) is 12.2. The van der Waals surface area contributed by atoms with E-state index in [4.69, 9.17) is 5.73 Å². The van der Waals surface area contributed by atoms with Gasteiger partial charge in [-0.05, 0) is 30.4 Å². The molecule has 0 radical (unpaired) electrons. The molecule has 22 heavy (non-hydrogen) atoms. The first-order chi connectivity index (χ1) is 10.5. The highest BCUT2D eigenvalue weighted by atomic mass is 32.1. The summed E-state index contributed by atoms with van der Waals surface area (Å²) in [4.78, 5) is 36.0. The van der Waals surface area contributed by atoms with Crippen molar-refractivity contribution in [2.24, 2.45) is 5.73 Å². The fraction of sp³-hybridized carbons (Fsp3) is 0.286. The van der Waals surface area contributed by atoms with Crippen LogP contribution in [0.2, 0.25) is 0 Å². The Balaban J connectivity index is 2.37. The number of thiophene rings is 1. The average Bonchev–Trinajstić information content (AvgIpc) is 3.03. The molecule has 114 valence electrons. The molecule has 0 bridgehead atoms. The van der Waals surface area contributed by atoms with Gasteiger partial charge >= 0.3 is 5.69 Å². The highest BCUT2D eigenvalue weighted by Gasteiger charge is 2.20. The summed E-state index contributed by atoms with van der Waals surface area (Å²) in [5.74, 6) is -0.273. The minimum atomic E-state index is -0.687. The van der Waals surface area contributed by atoms with Gasteiger partial charge in [-0.1, -0.05) is 6.92 Å². The Hall–Kier alpha value is -2.48. The van der Waals surface area contributed by atoms with Crippen LogP contribution in [0.15, 0.2) is 16.2 Å². The predicted molar refractivity (Wildman–Crippen MR) is 85.0 cm³/mol. The molecule has 0 aliphatic carbocycles. The number of nitrogens with one attached hydrogen (secondary N) is 1. The molecular weight excluding hydrogens is 302 g/mol. The van der Waals surface area contributed by atoms with Crippen molar-refractivity contribution in [3.8, 4) is 10.7 Å². The SMILES string of the molecule is CCCn1c(=O)[nH]c2c(C(N)=O)nc(-c3sccc3C)nc21. The fourth-order valence-corrected chi connectivity index (χ4v) is 3.20. The van der Waals surface area contributed by atoms with Crippen LogP contribution >= 0.6 is 11.3 Å². The molecule has 0 saturated carbocycles. The van der Waals surface area contributed by atoms with Crippen LogP contribution in [0.1, 0.15) is 29.4 Å². The number of imidazole rings is 1. The van der Waals surface area contributed by atoms with E-state index in [9.17, 15) is 9.59 Å². The number of hydrogen-bond donors (Lipinski definition) is 2. The summed E-state index contributed by atoms with van der Waals surface area (Å²) in [5.41, 5.74) is 6.87. The quantitative estimate of drug-likeness (QED) is 0.763. The third kappa shape index (κ3) is 2.21. The first-order valence-corrected chi connectivity index (χ1v) is 7.75. The number of nitrogens with two attached hydrogens (primary N) is 1. The molecule has 3 aromatic rings. The molecule has 0 aliphatic heterocycles. The number of amides is 1. The monoisotopic (exact) mass is 317 g/mol. The van der Waals surface area contributed by atoms with E-state index in [1.807, 2.05) is 25.3 Å². The summed E-state index contributed by atoms with van der Waals surface area (Å²) in [6.45, 7) is 4.42. The lowest BCUT2D eigenvalue weighted by molar-refractivity contribution is 0.0997. The second kappa shape index (κ2) is 5.38. The molecule has 0 unspecified atom stereocenters. The van der Waals surface area contributed by atoms with E-state index in [1.54, 1.807) is 0 Å². The van der Waals surface area contributed by atoms with Gasteiger partial charge in [0.1, 0.15) is 5.52 Å². The maximum atomic E-state index is 12.1. The molecule has 8 heteroatoms. The molecule has 0 aliphatic rings. The first kappa shape index (κ1) is 14.5. The number of nitrogens with zero attached hydrogens (tertiary/aromatic N) is 3. The number of aromatic nitrogens is 4. The van der Waals surface area contributed by atoms with Crippen LogP contribution in [0.5, 0.6) is 0 Å². The van der Waals surface area contributed by atoms with Gasteiger partial charge in [0.2, 0.25) is 0 Å². The summed E-state index contributed by atoms with van der Waals surface area (Å²) in [6.07, 6.45) is 0.774. The normalized spacial score (nSPS) is 11.2. The number of carbonyl (C=O) groups is 1. The van der Waals surface area contributed by atoms with E-state index in [2.05, 4.69) is 15.0 Å². The van der Waals surface area contributed by atoms with E-state index in [1.165, 1.54) is 15.9 Å². The van der Waals surface area contributed by atoms with E-state index < -0.39 is 5.91 Å². The van der Waals surface area contributed by atoms with Crippen LogP contribution in [0.4, 0.5) is 0 Å². The zero-order chi connectivity index (χ0) is 15.9. The Morgan fingerprint density at radius 3 is 2.82 bits per heavy atom. The molecule has 3 N–H and O–H groups in total. The summed E-state index contributed by atoms with van der Waals surface area (Å²) in [6, 6.07) is 1.95. The summed E-state index contributed by atoms with van der Waals surface area (Å²) < 4.78 is 1.51. The van der Waals surface area contributed by atoms with Crippen molar-refractivity contribution >= 4 is 28.4 Å². The summed E-state index contributed by atoms with van der Waals surface area (Å²) in [5, 5.41) is 1.93.